The maximum atomic E-state index is 4.16. The van der Waals surface area contributed by atoms with E-state index in [1.807, 2.05) is 23.1 Å². The van der Waals surface area contributed by atoms with Gasteiger partial charge in [-0.1, -0.05) is 6.07 Å². The topological polar surface area (TPSA) is 40.9 Å². The van der Waals surface area contributed by atoms with Gasteiger partial charge < -0.3 is 0 Å². The van der Waals surface area contributed by atoms with Crippen molar-refractivity contribution in [2.24, 2.45) is 9.98 Å². The van der Waals surface area contributed by atoms with E-state index >= 15 is 0 Å². The largest absolute Gasteiger partial charge is 0.297 e. The zero-order chi connectivity index (χ0) is 8.23. The molecule has 60 valence electrons. The average Bonchev–Trinajstić information content (AvgIpc) is 2.21. The van der Waals surface area contributed by atoms with Gasteiger partial charge in [-0.25, -0.2) is 9.98 Å². The molecule has 2 rings (SSSR count). The lowest BCUT2D eigenvalue weighted by Gasteiger charge is -2.16. The molecule has 1 aliphatic rings. The molecule has 4 nitrogen and oxygen atoms in total. The molecule has 0 amide bonds. The molecular formula is C8H8N4. The van der Waals surface area contributed by atoms with E-state index < -0.39 is 0 Å². The summed E-state index contributed by atoms with van der Waals surface area (Å²) in [5.74, 6) is 0.873. The average molecular weight is 160 g/mol. The molecule has 0 atom stereocenters. The second-order valence-corrected chi connectivity index (χ2v) is 2.36. The van der Waals surface area contributed by atoms with Crippen LogP contribution in [-0.2, 0) is 0 Å². The van der Waals surface area contributed by atoms with Crippen molar-refractivity contribution in [3.8, 4) is 0 Å². The highest BCUT2D eigenvalue weighted by atomic mass is 15.3. The number of pyridine rings is 1. The molecule has 0 spiro atoms. The molecule has 0 radical (unpaired) electrons. The third-order valence-corrected chi connectivity index (χ3v) is 1.53. The van der Waals surface area contributed by atoms with Crippen LogP contribution >= 0.6 is 0 Å². The Bertz CT molecular complexity index is 304. The Labute approximate surface area is 70.3 Å². The number of hydrogen-bond acceptors (Lipinski definition) is 4. The lowest BCUT2D eigenvalue weighted by Crippen LogP contribution is -2.24. The molecule has 1 aliphatic heterocycles. The number of rotatable bonds is 1. The molecule has 0 unspecified atom stereocenters. The van der Waals surface area contributed by atoms with E-state index in [9.17, 15) is 0 Å². The van der Waals surface area contributed by atoms with Crippen molar-refractivity contribution in [2.45, 2.75) is 0 Å². The van der Waals surface area contributed by atoms with Crippen LogP contribution in [0.4, 0.5) is 5.82 Å². The Kier molecular flexibility index (Phi) is 1.82. The number of hydrogen-bond donors (Lipinski definition) is 0. The van der Waals surface area contributed by atoms with Crippen LogP contribution in [0.25, 0.3) is 0 Å². The third-order valence-electron chi connectivity index (χ3n) is 1.53. The van der Waals surface area contributed by atoms with Gasteiger partial charge in [-0.05, 0) is 12.1 Å². The summed E-state index contributed by atoms with van der Waals surface area (Å²) in [5.41, 5.74) is 0. The maximum absolute atomic E-state index is 4.16. The van der Waals surface area contributed by atoms with Crippen molar-refractivity contribution in [1.29, 1.82) is 0 Å². The molecule has 0 fully saturated rings. The predicted molar refractivity (Wildman–Crippen MR) is 48.6 cm³/mol. The Morgan fingerprint density at radius 1 is 1.33 bits per heavy atom. The van der Waals surface area contributed by atoms with Crippen molar-refractivity contribution >= 4 is 18.5 Å². The smallest absolute Gasteiger partial charge is 0.135 e. The standard InChI is InChI=1S/C8H8N4/c1-2-4-11-8(3-1)12-6-9-5-10-7-12/h1-6H,7H2. The fourth-order valence-corrected chi connectivity index (χ4v) is 0.974. The molecule has 1 aromatic heterocycles. The second kappa shape index (κ2) is 3.13. The van der Waals surface area contributed by atoms with Gasteiger partial charge in [-0.3, -0.25) is 9.89 Å². The fourth-order valence-electron chi connectivity index (χ4n) is 0.974. The molecule has 0 N–H and O–H groups in total. The molecule has 4 heteroatoms. The van der Waals surface area contributed by atoms with Crippen LogP contribution in [0.5, 0.6) is 0 Å². The van der Waals surface area contributed by atoms with Crippen LogP contribution in [0.2, 0.25) is 0 Å². The third kappa shape index (κ3) is 1.32. The molecule has 0 bridgehead atoms. The van der Waals surface area contributed by atoms with Gasteiger partial charge in [-0.2, -0.15) is 0 Å². The first-order valence-electron chi connectivity index (χ1n) is 3.66. The van der Waals surface area contributed by atoms with Crippen LogP contribution in [-0.4, -0.2) is 24.3 Å². The highest BCUT2D eigenvalue weighted by Gasteiger charge is 2.03. The predicted octanol–water partition coefficient (Wildman–Crippen LogP) is 0.916. The van der Waals surface area contributed by atoms with Crippen molar-refractivity contribution < 1.29 is 0 Å². The summed E-state index contributed by atoms with van der Waals surface area (Å²) in [5, 5.41) is 0. The number of aliphatic imine (C=N–C) groups is 2. The summed E-state index contributed by atoms with van der Waals surface area (Å²) in [6.07, 6.45) is 5.01. The molecule has 2 heterocycles. The van der Waals surface area contributed by atoms with E-state index in [2.05, 4.69) is 15.0 Å². The highest BCUT2D eigenvalue weighted by molar-refractivity contribution is 5.85. The Balaban J connectivity index is 2.21. The fraction of sp³-hybridized carbons (Fsp3) is 0.125. The monoisotopic (exact) mass is 160 g/mol. The molecule has 0 saturated carbocycles. The minimum absolute atomic E-state index is 0.598. The first-order valence-corrected chi connectivity index (χ1v) is 3.66. The summed E-state index contributed by atoms with van der Waals surface area (Å²) in [7, 11) is 0. The normalized spacial score (nSPS) is 15.2. The minimum Gasteiger partial charge on any atom is -0.297 e. The number of nitrogens with zero attached hydrogens (tertiary/aromatic N) is 4. The molecule has 0 aromatic carbocycles. The van der Waals surface area contributed by atoms with Crippen molar-refractivity contribution in [1.82, 2.24) is 4.98 Å². The van der Waals surface area contributed by atoms with Crippen LogP contribution in [0.1, 0.15) is 0 Å². The summed E-state index contributed by atoms with van der Waals surface area (Å²) in [6.45, 7) is 0.598. The molecule has 0 aliphatic carbocycles. The van der Waals surface area contributed by atoms with Crippen LogP contribution in [0, 0.1) is 0 Å². The van der Waals surface area contributed by atoms with Crippen molar-refractivity contribution in [3.63, 3.8) is 0 Å². The van der Waals surface area contributed by atoms with Gasteiger partial charge in [-0.15, -0.1) is 0 Å². The van der Waals surface area contributed by atoms with E-state index in [1.165, 1.54) is 0 Å². The summed E-state index contributed by atoms with van der Waals surface area (Å²) in [6, 6.07) is 5.75. The zero-order valence-electron chi connectivity index (χ0n) is 6.46. The highest BCUT2D eigenvalue weighted by Crippen LogP contribution is 2.07. The lowest BCUT2D eigenvalue weighted by molar-refractivity contribution is 0.985. The van der Waals surface area contributed by atoms with Gasteiger partial charge in [0, 0.05) is 6.20 Å². The van der Waals surface area contributed by atoms with Crippen molar-refractivity contribution in [3.05, 3.63) is 24.4 Å². The number of anilines is 1. The Morgan fingerprint density at radius 2 is 2.33 bits per heavy atom. The van der Waals surface area contributed by atoms with Gasteiger partial charge >= 0.3 is 0 Å². The van der Waals surface area contributed by atoms with E-state index in [1.54, 1.807) is 18.9 Å². The maximum Gasteiger partial charge on any atom is 0.135 e. The van der Waals surface area contributed by atoms with Gasteiger partial charge in [0.05, 0.1) is 6.34 Å². The molecule has 12 heavy (non-hydrogen) atoms. The molecular weight excluding hydrogens is 152 g/mol. The summed E-state index contributed by atoms with van der Waals surface area (Å²) < 4.78 is 0. The van der Waals surface area contributed by atoms with Gasteiger partial charge in [0.25, 0.3) is 0 Å². The van der Waals surface area contributed by atoms with Crippen LogP contribution in [0.3, 0.4) is 0 Å². The Morgan fingerprint density at radius 3 is 3.00 bits per heavy atom. The molecule has 0 saturated heterocycles. The quantitative estimate of drug-likeness (QED) is 0.612. The second-order valence-electron chi connectivity index (χ2n) is 2.36. The van der Waals surface area contributed by atoms with Gasteiger partial charge in [0.15, 0.2) is 0 Å². The zero-order valence-corrected chi connectivity index (χ0v) is 6.46. The first kappa shape index (κ1) is 6.97. The van der Waals surface area contributed by atoms with Crippen LogP contribution in [0.15, 0.2) is 34.4 Å². The van der Waals surface area contributed by atoms with Crippen LogP contribution < -0.4 is 4.90 Å². The van der Waals surface area contributed by atoms with E-state index in [0.717, 1.165) is 5.82 Å². The van der Waals surface area contributed by atoms with E-state index in [4.69, 9.17) is 0 Å². The van der Waals surface area contributed by atoms with Crippen molar-refractivity contribution in [2.75, 3.05) is 11.6 Å². The lowest BCUT2D eigenvalue weighted by atomic mass is 10.4. The minimum atomic E-state index is 0.598. The SMILES string of the molecule is C1=NC=NCN1c1ccccn1. The summed E-state index contributed by atoms with van der Waals surface area (Å²) >= 11 is 0. The first-order chi connectivity index (χ1) is 5.97. The van der Waals surface area contributed by atoms with E-state index in [0.29, 0.717) is 6.67 Å². The van der Waals surface area contributed by atoms with Gasteiger partial charge in [0.2, 0.25) is 0 Å². The van der Waals surface area contributed by atoms with Gasteiger partial charge in [0.1, 0.15) is 18.8 Å². The molecule has 1 aromatic rings. The Hall–Kier alpha value is -1.71. The number of aromatic nitrogens is 1. The van der Waals surface area contributed by atoms with E-state index in [-0.39, 0.29) is 0 Å². The summed E-state index contributed by atoms with van der Waals surface area (Å²) in [4.78, 5) is 13.9.